The van der Waals surface area contributed by atoms with E-state index in [-0.39, 0.29) is 15.7 Å². The monoisotopic (exact) mass is 456 g/mol. The molecule has 1 amide bonds. The highest BCUT2D eigenvalue weighted by atomic mass is 32.2. The Balaban J connectivity index is 1.39. The Bertz CT molecular complexity index is 1010. The first-order valence-electron chi connectivity index (χ1n) is 11.2. The van der Waals surface area contributed by atoms with Gasteiger partial charge in [-0.2, -0.15) is 0 Å². The molecular formula is C25H32N2O4S. The first kappa shape index (κ1) is 24.0. The first-order valence-corrected chi connectivity index (χ1v) is 12.6. The Hall–Kier alpha value is -2.64. The lowest BCUT2D eigenvalue weighted by molar-refractivity contribution is -0.120. The summed E-state index contributed by atoms with van der Waals surface area (Å²) < 4.78 is 31.0. The fourth-order valence-electron chi connectivity index (χ4n) is 3.50. The van der Waals surface area contributed by atoms with Crippen molar-refractivity contribution < 1.29 is 17.9 Å². The minimum Gasteiger partial charge on any atom is -0.399 e. The van der Waals surface area contributed by atoms with Crippen LogP contribution < -0.4 is 11.1 Å². The average molecular weight is 457 g/mol. The number of ether oxygens (including phenoxy) is 1. The number of nitrogen functional groups attached to an aromatic ring is 1. The van der Waals surface area contributed by atoms with Gasteiger partial charge in [-0.25, -0.2) is 8.42 Å². The molecule has 0 bridgehead atoms. The Morgan fingerprint density at radius 3 is 2.31 bits per heavy atom. The molecule has 172 valence electrons. The molecule has 1 aliphatic rings. The van der Waals surface area contributed by atoms with Gasteiger partial charge in [-0.1, -0.05) is 50.5 Å². The van der Waals surface area contributed by atoms with Crippen LogP contribution in [0, 0.1) is 0 Å². The van der Waals surface area contributed by atoms with E-state index in [4.69, 9.17) is 10.5 Å². The fourth-order valence-corrected chi connectivity index (χ4v) is 4.76. The van der Waals surface area contributed by atoms with Crippen molar-refractivity contribution in [1.29, 1.82) is 0 Å². The number of nitrogens with one attached hydrogen (secondary N) is 1. The smallest absolute Gasteiger partial charge is 0.224 e. The molecule has 0 saturated carbocycles. The van der Waals surface area contributed by atoms with Crippen LogP contribution in [0.25, 0.3) is 0 Å². The fraction of sp³-hybridized carbons (Fsp3) is 0.400. The molecule has 0 aromatic heterocycles. The standard InChI is InChI=1S/C25H32N2O4S/c1-2-3-4-7-23-24(31-23)8-5-6-9-25(28)27-18-19-10-14-21(15-11-19)32(29,30)22-16-12-20(26)13-17-22/h5-6,10-17,23-24H,2-4,7-9,18,26H2,1H3,(H,27,28)/b6-5+. The topological polar surface area (TPSA) is 102 Å². The molecule has 2 aromatic carbocycles. The highest BCUT2D eigenvalue weighted by molar-refractivity contribution is 7.91. The van der Waals surface area contributed by atoms with Gasteiger partial charge < -0.3 is 15.8 Å². The summed E-state index contributed by atoms with van der Waals surface area (Å²) in [5, 5.41) is 2.86. The first-order chi connectivity index (χ1) is 15.4. The normalized spacial score (nSPS) is 18.0. The summed E-state index contributed by atoms with van der Waals surface area (Å²) in [5.41, 5.74) is 6.97. The summed E-state index contributed by atoms with van der Waals surface area (Å²) in [6.07, 6.45) is 10.6. The van der Waals surface area contributed by atoms with E-state index in [0.717, 1.165) is 18.4 Å². The van der Waals surface area contributed by atoms with E-state index in [1.165, 1.54) is 31.4 Å². The van der Waals surface area contributed by atoms with Crippen molar-refractivity contribution in [2.24, 2.45) is 0 Å². The zero-order valence-corrected chi connectivity index (χ0v) is 19.3. The Morgan fingerprint density at radius 2 is 1.66 bits per heavy atom. The van der Waals surface area contributed by atoms with Crippen LogP contribution >= 0.6 is 0 Å². The summed E-state index contributed by atoms with van der Waals surface area (Å²) in [7, 11) is -3.59. The molecule has 1 heterocycles. The molecule has 1 aliphatic heterocycles. The van der Waals surface area contributed by atoms with Gasteiger partial charge >= 0.3 is 0 Å². The average Bonchev–Trinajstić information content (AvgIpc) is 3.54. The number of carbonyl (C=O) groups excluding carboxylic acids is 1. The van der Waals surface area contributed by atoms with Crippen molar-refractivity contribution in [2.45, 2.75) is 74.0 Å². The van der Waals surface area contributed by atoms with E-state index in [9.17, 15) is 13.2 Å². The molecule has 2 aromatic rings. The van der Waals surface area contributed by atoms with E-state index in [1.54, 1.807) is 36.4 Å². The molecule has 0 spiro atoms. The van der Waals surface area contributed by atoms with Crippen molar-refractivity contribution >= 4 is 21.4 Å². The minimum atomic E-state index is -3.59. The van der Waals surface area contributed by atoms with Gasteiger partial charge in [0.15, 0.2) is 0 Å². The molecule has 1 saturated heterocycles. The van der Waals surface area contributed by atoms with Crippen LogP contribution in [0.5, 0.6) is 0 Å². The molecule has 2 unspecified atom stereocenters. The lowest BCUT2D eigenvalue weighted by Gasteiger charge is -2.07. The summed E-state index contributed by atoms with van der Waals surface area (Å²) >= 11 is 0. The molecule has 7 heteroatoms. The third kappa shape index (κ3) is 6.93. The molecule has 32 heavy (non-hydrogen) atoms. The number of benzene rings is 2. The number of rotatable bonds is 12. The number of carbonyl (C=O) groups is 1. The second kappa shape index (κ2) is 11.3. The van der Waals surface area contributed by atoms with Crippen molar-refractivity contribution in [1.82, 2.24) is 5.32 Å². The predicted molar refractivity (Wildman–Crippen MR) is 126 cm³/mol. The Kier molecular flexibility index (Phi) is 8.47. The molecule has 2 atom stereocenters. The highest BCUT2D eigenvalue weighted by Crippen LogP contribution is 2.30. The molecule has 6 nitrogen and oxygen atoms in total. The van der Waals surface area contributed by atoms with Crippen LogP contribution in [-0.2, 0) is 25.9 Å². The zero-order valence-electron chi connectivity index (χ0n) is 18.5. The molecule has 0 radical (unpaired) electrons. The van der Waals surface area contributed by atoms with Crippen LogP contribution in [0.15, 0.2) is 70.5 Å². The van der Waals surface area contributed by atoms with E-state index in [1.807, 2.05) is 12.2 Å². The number of epoxide rings is 1. The highest BCUT2D eigenvalue weighted by Gasteiger charge is 2.36. The van der Waals surface area contributed by atoms with Gasteiger partial charge in [0.2, 0.25) is 15.7 Å². The maximum absolute atomic E-state index is 12.7. The van der Waals surface area contributed by atoms with E-state index in [2.05, 4.69) is 12.2 Å². The molecule has 3 N–H and O–H groups in total. The SMILES string of the molecule is CCCCCC1OC1C/C=C/CC(=O)NCc1ccc(S(=O)(=O)c2ccc(N)cc2)cc1. The minimum absolute atomic E-state index is 0.0731. The lowest BCUT2D eigenvalue weighted by atomic mass is 10.1. The second-order valence-corrected chi connectivity index (χ2v) is 10.1. The Labute approximate surface area is 190 Å². The third-order valence-corrected chi connectivity index (χ3v) is 7.32. The molecule has 3 rings (SSSR count). The van der Waals surface area contributed by atoms with Crippen LogP contribution in [0.3, 0.4) is 0 Å². The quantitative estimate of drug-likeness (QED) is 0.213. The Morgan fingerprint density at radius 1 is 1.00 bits per heavy atom. The predicted octanol–water partition coefficient (Wildman–Crippen LogP) is 4.40. The number of sulfone groups is 1. The molecule has 0 aliphatic carbocycles. The summed E-state index contributed by atoms with van der Waals surface area (Å²) in [6.45, 7) is 2.54. The van der Waals surface area contributed by atoms with Crippen LogP contribution in [0.1, 0.15) is 51.0 Å². The number of anilines is 1. The number of amides is 1. The zero-order chi connectivity index (χ0) is 23.0. The number of nitrogens with two attached hydrogens (primary N) is 1. The van der Waals surface area contributed by atoms with Gasteiger partial charge in [-0.15, -0.1) is 0 Å². The van der Waals surface area contributed by atoms with E-state index in [0.29, 0.717) is 30.9 Å². The third-order valence-electron chi connectivity index (χ3n) is 5.53. The maximum atomic E-state index is 12.7. The van der Waals surface area contributed by atoms with E-state index < -0.39 is 9.84 Å². The van der Waals surface area contributed by atoms with Gasteiger partial charge in [0.05, 0.1) is 22.0 Å². The van der Waals surface area contributed by atoms with Crippen molar-refractivity contribution in [3.63, 3.8) is 0 Å². The molecule has 1 fully saturated rings. The van der Waals surface area contributed by atoms with Crippen LogP contribution in [-0.4, -0.2) is 26.5 Å². The molecular weight excluding hydrogens is 424 g/mol. The van der Waals surface area contributed by atoms with Gasteiger partial charge in [0.25, 0.3) is 0 Å². The maximum Gasteiger partial charge on any atom is 0.224 e. The number of unbranched alkanes of at least 4 members (excludes halogenated alkanes) is 2. The number of hydrogen-bond donors (Lipinski definition) is 2. The number of hydrogen-bond acceptors (Lipinski definition) is 5. The van der Waals surface area contributed by atoms with Crippen LogP contribution in [0.2, 0.25) is 0 Å². The lowest BCUT2D eigenvalue weighted by Crippen LogP contribution is -2.21. The van der Waals surface area contributed by atoms with Crippen molar-refractivity contribution in [2.75, 3.05) is 5.73 Å². The summed E-state index contributed by atoms with van der Waals surface area (Å²) in [5.74, 6) is -0.0731. The largest absolute Gasteiger partial charge is 0.399 e. The van der Waals surface area contributed by atoms with Gasteiger partial charge in [0, 0.05) is 18.7 Å². The van der Waals surface area contributed by atoms with Crippen molar-refractivity contribution in [3.05, 3.63) is 66.2 Å². The summed E-state index contributed by atoms with van der Waals surface area (Å²) in [4.78, 5) is 12.5. The van der Waals surface area contributed by atoms with Gasteiger partial charge in [-0.3, -0.25) is 4.79 Å². The van der Waals surface area contributed by atoms with Gasteiger partial charge in [-0.05, 0) is 54.8 Å². The van der Waals surface area contributed by atoms with Gasteiger partial charge in [0.1, 0.15) is 0 Å². The van der Waals surface area contributed by atoms with Crippen LogP contribution in [0.4, 0.5) is 5.69 Å². The van der Waals surface area contributed by atoms with Crippen molar-refractivity contribution in [3.8, 4) is 0 Å². The second-order valence-electron chi connectivity index (χ2n) is 8.11. The van der Waals surface area contributed by atoms with E-state index >= 15 is 0 Å². The summed E-state index contributed by atoms with van der Waals surface area (Å²) in [6, 6.07) is 12.7.